The number of nitrogens with zero attached hydrogens (tertiary/aromatic N) is 1. The molecule has 0 radical (unpaired) electrons. The SMILES string of the molecule is COC(=O)CCCCNC(=O)c1ccc(CN2CC(C)OC(C)C2)cc1. The maximum absolute atomic E-state index is 12.2. The molecule has 144 valence electrons. The lowest BCUT2D eigenvalue weighted by Crippen LogP contribution is -2.44. The van der Waals surface area contributed by atoms with Crippen molar-refractivity contribution in [2.45, 2.75) is 51.9 Å². The molecule has 0 saturated carbocycles. The molecule has 1 saturated heterocycles. The molecule has 2 rings (SSSR count). The maximum Gasteiger partial charge on any atom is 0.305 e. The van der Waals surface area contributed by atoms with Crippen LogP contribution >= 0.6 is 0 Å². The summed E-state index contributed by atoms with van der Waals surface area (Å²) in [5.74, 6) is -0.292. The van der Waals surface area contributed by atoms with Crippen LogP contribution in [0.4, 0.5) is 0 Å². The Balaban J connectivity index is 1.74. The van der Waals surface area contributed by atoms with E-state index in [1.54, 1.807) is 0 Å². The third-order valence-electron chi connectivity index (χ3n) is 4.44. The number of benzene rings is 1. The number of hydrogen-bond donors (Lipinski definition) is 1. The largest absolute Gasteiger partial charge is 0.469 e. The smallest absolute Gasteiger partial charge is 0.305 e. The van der Waals surface area contributed by atoms with Crippen molar-refractivity contribution in [1.29, 1.82) is 0 Å². The van der Waals surface area contributed by atoms with E-state index in [0.717, 1.165) is 26.1 Å². The van der Waals surface area contributed by atoms with Gasteiger partial charge in [-0.15, -0.1) is 0 Å². The van der Waals surface area contributed by atoms with Crippen molar-refractivity contribution in [3.63, 3.8) is 0 Å². The molecule has 0 spiro atoms. The van der Waals surface area contributed by atoms with Gasteiger partial charge >= 0.3 is 5.97 Å². The summed E-state index contributed by atoms with van der Waals surface area (Å²) in [5, 5.41) is 2.89. The molecular weight excluding hydrogens is 332 g/mol. The Morgan fingerprint density at radius 3 is 2.42 bits per heavy atom. The average molecular weight is 362 g/mol. The van der Waals surface area contributed by atoms with E-state index >= 15 is 0 Å². The molecule has 6 nitrogen and oxygen atoms in total. The number of unbranched alkanes of at least 4 members (excludes halogenated alkanes) is 1. The number of nitrogens with one attached hydrogen (secondary N) is 1. The van der Waals surface area contributed by atoms with E-state index in [1.807, 2.05) is 24.3 Å². The van der Waals surface area contributed by atoms with E-state index in [2.05, 4.69) is 28.8 Å². The number of carbonyl (C=O) groups is 2. The molecule has 1 amide bonds. The number of amides is 1. The number of methoxy groups -OCH3 is 1. The van der Waals surface area contributed by atoms with E-state index in [0.29, 0.717) is 24.9 Å². The van der Waals surface area contributed by atoms with Gasteiger partial charge in [0.15, 0.2) is 0 Å². The van der Waals surface area contributed by atoms with Crippen molar-refractivity contribution in [2.75, 3.05) is 26.7 Å². The fourth-order valence-electron chi connectivity index (χ4n) is 3.23. The number of morpholine rings is 1. The minimum absolute atomic E-state index is 0.0803. The second kappa shape index (κ2) is 10.3. The fraction of sp³-hybridized carbons (Fsp3) is 0.600. The minimum Gasteiger partial charge on any atom is -0.469 e. The Morgan fingerprint density at radius 1 is 1.15 bits per heavy atom. The lowest BCUT2D eigenvalue weighted by molar-refractivity contribution is -0.140. The van der Waals surface area contributed by atoms with E-state index in [9.17, 15) is 9.59 Å². The summed E-state index contributed by atoms with van der Waals surface area (Å²) in [5.41, 5.74) is 1.85. The van der Waals surface area contributed by atoms with Crippen LogP contribution in [0.5, 0.6) is 0 Å². The molecule has 0 aliphatic carbocycles. The zero-order valence-electron chi connectivity index (χ0n) is 16.0. The van der Waals surface area contributed by atoms with Crippen LogP contribution in [0, 0.1) is 0 Å². The van der Waals surface area contributed by atoms with Crippen LogP contribution < -0.4 is 5.32 Å². The van der Waals surface area contributed by atoms with Gasteiger partial charge in [-0.2, -0.15) is 0 Å². The molecular formula is C20H30N2O4. The molecule has 0 aromatic heterocycles. The average Bonchev–Trinajstić information content (AvgIpc) is 2.60. The molecule has 0 bridgehead atoms. The predicted octanol–water partition coefficient (Wildman–Crippen LogP) is 2.37. The molecule has 26 heavy (non-hydrogen) atoms. The summed E-state index contributed by atoms with van der Waals surface area (Å²) >= 11 is 0. The van der Waals surface area contributed by atoms with Gasteiger partial charge < -0.3 is 14.8 Å². The molecule has 1 aromatic carbocycles. The van der Waals surface area contributed by atoms with Crippen molar-refractivity contribution >= 4 is 11.9 Å². The van der Waals surface area contributed by atoms with Crippen molar-refractivity contribution < 1.29 is 19.1 Å². The topological polar surface area (TPSA) is 67.9 Å². The van der Waals surface area contributed by atoms with Crippen LogP contribution in [0.15, 0.2) is 24.3 Å². The predicted molar refractivity (Wildman–Crippen MR) is 99.9 cm³/mol. The summed E-state index contributed by atoms with van der Waals surface area (Å²) in [4.78, 5) is 25.6. The quantitative estimate of drug-likeness (QED) is 0.568. The first-order valence-electron chi connectivity index (χ1n) is 9.29. The first-order valence-corrected chi connectivity index (χ1v) is 9.29. The van der Waals surface area contributed by atoms with E-state index in [1.165, 1.54) is 12.7 Å². The molecule has 2 atom stereocenters. The number of esters is 1. The number of ether oxygens (including phenoxy) is 2. The van der Waals surface area contributed by atoms with Gasteiger partial charge in [0.05, 0.1) is 19.3 Å². The zero-order chi connectivity index (χ0) is 18.9. The molecule has 1 aliphatic heterocycles. The molecule has 2 unspecified atom stereocenters. The maximum atomic E-state index is 12.2. The molecule has 1 aliphatic rings. The summed E-state index contributed by atoms with van der Waals surface area (Å²) in [6, 6.07) is 7.76. The molecule has 1 aromatic rings. The van der Waals surface area contributed by atoms with Crippen LogP contribution in [0.25, 0.3) is 0 Å². The zero-order valence-corrected chi connectivity index (χ0v) is 16.0. The van der Waals surface area contributed by atoms with Crippen molar-refractivity contribution in [3.8, 4) is 0 Å². The number of hydrogen-bond acceptors (Lipinski definition) is 5. The summed E-state index contributed by atoms with van der Waals surface area (Å²) in [6.07, 6.45) is 2.36. The Morgan fingerprint density at radius 2 is 1.81 bits per heavy atom. The van der Waals surface area contributed by atoms with E-state index < -0.39 is 0 Å². The monoisotopic (exact) mass is 362 g/mol. The van der Waals surface area contributed by atoms with Crippen molar-refractivity contribution in [1.82, 2.24) is 10.2 Å². The first-order chi connectivity index (χ1) is 12.5. The lowest BCUT2D eigenvalue weighted by Gasteiger charge is -2.35. The van der Waals surface area contributed by atoms with E-state index in [-0.39, 0.29) is 24.1 Å². The van der Waals surface area contributed by atoms with Gasteiger partial charge in [-0.25, -0.2) is 0 Å². The standard InChI is InChI=1S/C20H30N2O4/c1-15-12-22(13-16(2)26-15)14-17-7-9-18(10-8-17)20(24)21-11-5-4-6-19(23)25-3/h7-10,15-16H,4-6,11-14H2,1-3H3,(H,21,24). The summed E-state index contributed by atoms with van der Waals surface area (Å²) in [7, 11) is 1.38. The second-order valence-corrected chi connectivity index (χ2v) is 6.94. The molecule has 6 heteroatoms. The molecule has 1 N–H and O–H groups in total. The highest BCUT2D eigenvalue weighted by molar-refractivity contribution is 5.94. The highest BCUT2D eigenvalue weighted by atomic mass is 16.5. The van der Waals surface area contributed by atoms with Gasteiger partial charge in [0.25, 0.3) is 5.91 Å². The highest BCUT2D eigenvalue weighted by Gasteiger charge is 2.22. The van der Waals surface area contributed by atoms with Gasteiger partial charge in [0.1, 0.15) is 0 Å². The third kappa shape index (κ3) is 6.77. The lowest BCUT2D eigenvalue weighted by atomic mass is 10.1. The Kier molecular flexibility index (Phi) is 8.06. The van der Waals surface area contributed by atoms with Gasteiger partial charge in [-0.3, -0.25) is 14.5 Å². The Bertz CT molecular complexity index is 578. The molecule has 1 fully saturated rings. The minimum atomic E-state index is -0.212. The van der Waals surface area contributed by atoms with E-state index in [4.69, 9.17) is 4.74 Å². The van der Waals surface area contributed by atoms with Crippen LogP contribution in [-0.2, 0) is 20.8 Å². The second-order valence-electron chi connectivity index (χ2n) is 6.94. The van der Waals surface area contributed by atoms with Crippen LogP contribution in [0.3, 0.4) is 0 Å². The van der Waals surface area contributed by atoms with Crippen LogP contribution in [0.1, 0.15) is 49.0 Å². The Labute approximate surface area is 155 Å². The van der Waals surface area contributed by atoms with Crippen molar-refractivity contribution in [2.24, 2.45) is 0 Å². The third-order valence-corrected chi connectivity index (χ3v) is 4.44. The van der Waals surface area contributed by atoms with Crippen LogP contribution in [0.2, 0.25) is 0 Å². The first kappa shape index (κ1) is 20.4. The van der Waals surface area contributed by atoms with Crippen LogP contribution in [-0.4, -0.2) is 55.7 Å². The highest BCUT2D eigenvalue weighted by Crippen LogP contribution is 2.14. The van der Waals surface area contributed by atoms with Gasteiger partial charge in [0, 0.05) is 38.2 Å². The number of rotatable bonds is 8. The summed E-state index contributed by atoms with van der Waals surface area (Å²) in [6.45, 7) is 7.48. The number of carbonyl (C=O) groups excluding carboxylic acids is 2. The fourth-order valence-corrected chi connectivity index (χ4v) is 3.23. The van der Waals surface area contributed by atoms with Gasteiger partial charge in [0.2, 0.25) is 0 Å². The Hall–Kier alpha value is -1.92. The normalized spacial score (nSPS) is 20.6. The molecule has 1 heterocycles. The summed E-state index contributed by atoms with van der Waals surface area (Å²) < 4.78 is 10.3. The van der Waals surface area contributed by atoms with Crippen molar-refractivity contribution in [3.05, 3.63) is 35.4 Å². The van der Waals surface area contributed by atoms with Gasteiger partial charge in [-0.1, -0.05) is 12.1 Å². The van der Waals surface area contributed by atoms with Gasteiger partial charge in [-0.05, 0) is 44.4 Å².